The molecule has 0 bridgehead atoms. The van der Waals surface area contributed by atoms with Crippen LogP contribution in [-0.4, -0.2) is 0 Å². The zero-order valence-corrected chi connectivity index (χ0v) is 32.8. The molecule has 0 aliphatic heterocycles. The lowest BCUT2D eigenvalue weighted by atomic mass is 9.78. The van der Waals surface area contributed by atoms with Crippen molar-refractivity contribution in [2.75, 3.05) is 0 Å². The van der Waals surface area contributed by atoms with Crippen molar-refractivity contribution < 1.29 is 8.83 Å². The van der Waals surface area contributed by atoms with Crippen molar-refractivity contribution in [3.63, 3.8) is 0 Å². The monoisotopic (exact) mass is 742 g/mol. The van der Waals surface area contributed by atoms with Crippen LogP contribution in [0.15, 0.2) is 167 Å². The van der Waals surface area contributed by atoms with E-state index in [1.165, 1.54) is 93.5 Å². The first-order valence-electron chi connectivity index (χ1n) is 20.4. The van der Waals surface area contributed by atoms with Crippen molar-refractivity contribution in [2.24, 2.45) is 0 Å². The molecule has 2 heterocycles. The van der Waals surface area contributed by atoms with Crippen LogP contribution in [0.4, 0.5) is 0 Å². The van der Waals surface area contributed by atoms with Gasteiger partial charge in [-0.15, -0.1) is 0 Å². The first-order valence-corrected chi connectivity index (χ1v) is 20.4. The fourth-order valence-corrected chi connectivity index (χ4v) is 10.8. The molecular formula is C56H38O2. The Labute approximate surface area is 336 Å². The molecule has 0 saturated carbocycles. The summed E-state index contributed by atoms with van der Waals surface area (Å²) in [6.45, 7) is 9.61. The highest BCUT2D eigenvalue weighted by Gasteiger charge is 2.44. The standard InChI is InChI=1S/C56H38O2/c1-55(2)43-30-42-44(29-41(43)50-45(55)28-40(36-24-22-32-14-6-8-16-34(32)26-36)53-52(50)38-18-10-12-20-48(38)57-53)56(3,4)46-27-39(35-23-21-31-13-5-7-15-33(31)25-35)49-37-17-9-11-19-47(37)58-54(49)51(42)46/h5-30H,1-4H3. The second-order valence-corrected chi connectivity index (χ2v) is 17.6. The number of furan rings is 2. The molecule has 0 unspecified atom stereocenters. The number of hydrogen-bond acceptors (Lipinski definition) is 2. The second-order valence-electron chi connectivity index (χ2n) is 17.6. The maximum absolute atomic E-state index is 7.01. The summed E-state index contributed by atoms with van der Waals surface area (Å²) in [4.78, 5) is 0. The predicted molar refractivity (Wildman–Crippen MR) is 242 cm³/mol. The Morgan fingerprint density at radius 3 is 1.41 bits per heavy atom. The molecule has 0 atom stereocenters. The van der Waals surface area contributed by atoms with Crippen LogP contribution in [0.3, 0.4) is 0 Å². The molecule has 2 aromatic heterocycles. The third kappa shape index (κ3) is 4.07. The third-order valence-corrected chi connectivity index (χ3v) is 13.8. The highest BCUT2D eigenvalue weighted by molar-refractivity contribution is 6.21. The second kappa shape index (κ2) is 10.9. The molecule has 58 heavy (non-hydrogen) atoms. The van der Waals surface area contributed by atoms with Crippen molar-refractivity contribution in [1.29, 1.82) is 0 Å². The summed E-state index contributed by atoms with van der Waals surface area (Å²) >= 11 is 0. The highest BCUT2D eigenvalue weighted by Crippen LogP contribution is 2.61. The molecule has 0 radical (unpaired) electrons. The van der Waals surface area contributed by atoms with E-state index in [0.717, 1.165) is 38.7 Å². The van der Waals surface area contributed by atoms with Crippen molar-refractivity contribution in [3.8, 4) is 44.5 Å². The largest absolute Gasteiger partial charge is 0.455 e. The summed E-state index contributed by atoms with van der Waals surface area (Å²) in [5.74, 6) is 0. The number of benzene rings is 9. The first kappa shape index (κ1) is 32.2. The molecule has 11 aromatic rings. The fraction of sp³-hybridized carbons (Fsp3) is 0.107. The van der Waals surface area contributed by atoms with Gasteiger partial charge in [-0.1, -0.05) is 137 Å². The van der Waals surface area contributed by atoms with E-state index in [4.69, 9.17) is 8.83 Å². The predicted octanol–water partition coefficient (Wildman–Crippen LogP) is 15.7. The average Bonchev–Trinajstić information content (AvgIpc) is 3.95. The van der Waals surface area contributed by atoms with E-state index in [0.29, 0.717) is 0 Å². The smallest absolute Gasteiger partial charge is 0.144 e. The number of para-hydroxylation sites is 2. The van der Waals surface area contributed by atoms with Gasteiger partial charge in [-0.25, -0.2) is 0 Å². The summed E-state index contributed by atoms with van der Waals surface area (Å²) in [6.07, 6.45) is 0. The zero-order chi connectivity index (χ0) is 38.7. The van der Waals surface area contributed by atoms with E-state index in [1.54, 1.807) is 0 Å². The molecular weight excluding hydrogens is 705 g/mol. The molecule has 0 N–H and O–H groups in total. The van der Waals surface area contributed by atoms with Crippen LogP contribution in [0, 0.1) is 0 Å². The molecule has 2 aliphatic carbocycles. The van der Waals surface area contributed by atoms with Crippen LogP contribution in [-0.2, 0) is 10.8 Å². The van der Waals surface area contributed by atoms with Gasteiger partial charge in [-0.2, -0.15) is 0 Å². The van der Waals surface area contributed by atoms with Crippen LogP contribution < -0.4 is 0 Å². The molecule has 0 saturated heterocycles. The molecule has 2 nitrogen and oxygen atoms in total. The van der Waals surface area contributed by atoms with Crippen LogP contribution >= 0.6 is 0 Å². The highest BCUT2D eigenvalue weighted by atomic mass is 16.3. The molecule has 0 fully saturated rings. The van der Waals surface area contributed by atoms with E-state index >= 15 is 0 Å². The van der Waals surface area contributed by atoms with Crippen molar-refractivity contribution in [2.45, 2.75) is 38.5 Å². The Morgan fingerprint density at radius 1 is 0.345 bits per heavy atom. The maximum Gasteiger partial charge on any atom is 0.144 e. The topological polar surface area (TPSA) is 26.3 Å². The van der Waals surface area contributed by atoms with Gasteiger partial charge < -0.3 is 8.83 Å². The van der Waals surface area contributed by atoms with E-state index in [1.807, 2.05) is 0 Å². The Hall–Kier alpha value is -6.90. The third-order valence-electron chi connectivity index (χ3n) is 13.8. The van der Waals surface area contributed by atoms with Crippen molar-refractivity contribution >= 4 is 65.4 Å². The van der Waals surface area contributed by atoms with Gasteiger partial charge in [0.25, 0.3) is 0 Å². The lowest BCUT2D eigenvalue weighted by molar-refractivity contribution is 0.649. The van der Waals surface area contributed by atoms with E-state index in [9.17, 15) is 0 Å². The molecule has 0 amide bonds. The van der Waals surface area contributed by atoms with Crippen LogP contribution in [0.25, 0.3) is 110 Å². The van der Waals surface area contributed by atoms with Crippen LogP contribution in [0.1, 0.15) is 49.9 Å². The normalized spacial score (nSPS) is 14.8. The lowest BCUT2D eigenvalue weighted by Gasteiger charge is -2.24. The summed E-state index contributed by atoms with van der Waals surface area (Å²) < 4.78 is 13.9. The average molecular weight is 743 g/mol. The van der Waals surface area contributed by atoms with Gasteiger partial charge >= 0.3 is 0 Å². The number of fused-ring (bicyclic) bond motifs is 16. The van der Waals surface area contributed by atoms with E-state index < -0.39 is 0 Å². The summed E-state index contributed by atoms with van der Waals surface area (Å²) in [5.41, 5.74) is 18.4. The van der Waals surface area contributed by atoms with Gasteiger partial charge in [-0.3, -0.25) is 0 Å². The molecule has 0 spiro atoms. The van der Waals surface area contributed by atoms with E-state index in [-0.39, 0.29) is 10.8 Å². The zero-order valence-electron chi connectivity index (χ0n) is 32.8. The molecule has 13 rings (SSSR count). The maximum atomic E-state index is 7.01. The van der Waals surface area contributed by atoms with Crippen molar-refractivity contribution in [1.82, 2.24) is 0 Å². The van der Waals surface area contributed by atoms with Crippen molar-refractivity contribution in [3.05, 3.63) is 180 Å². The SMILES string of the molecule is CC1(C)c2cc3c(cc2-c2c1cc(-c1ccc4ccccc4c1)c1c2oc2ccccc21)C(C)(C)c1cc(-c2ccc4ccccc4c2)c2oc4ccccc4c2c1-3. The molecule has 2 aliphatic rings. The van der Waals surface area contributed by atoms with E-state index in [2.05, 4.69) is 185 Å². The Balaban J connectivity index is 1.09. The van der Waals surface area contributed by atoms with Gasteiger partial charge in [-0.05, 0) is 126 Å². The first-order chi connectivity index (χ1) is 28.3. The molecule has 274 valence electrons. The lowest BCUT2D eigenvalue weighted by Crippen LogP contribution is -2.17. The van der Waals surface area contributed by atoms with Gasteiger partial charge in [0.2, 0.25) is 0 Å². The van der Waals surface area contributed by atoms with Gasteiger partial charge in [0.05, 0.1) is 0 Å². The summed E-state index contributed by atoms with van der Waals surface area (Å²) in [5, 5.41) is 9.65. The van der Waals surface area contributed by atoms with Crippen LogP contribution in [0.2, 0.25) is 0 Å². The fourth-order valence-electron chi connectivity index (χ4n) is 10.8. The molecule has 2 heteroatoms. The summed E-state index contributed by atoms with van der Waals surface area (Å²) in [6, 6.07) is 58.0. The minimum atomic E-state index is -0.284. The Bertz CT molecular complexity index is 3620. The van der Waals surface area contributed by atoms with Gasteiger partial charge in [0.1, 0.15) is 22.3 Å². The van der Waals surface area contributed by atoms with Crippen LogP contribution in [0.5, 0.6) is 0 Å². The number of hydrogen-bond donors (Lipinski definition) is 0. The Morgan fingerprint density at radius 2 is 0.793 bits per heavy atom. The minimum Gasteiger partial charge on any atom is -0.455 e. The quantitative estimate of drug-likeness (QED) is 0.176. The Kier molecular flexibility index (Phi) is 6.07. The van der Waals surface area contributed by atoms with Gasteiger partial charge in [0, 0.05) is 43.5 Å². The molecule has 9 aromatic carbocycles. The minimum absolute atomic E-state index is 0.275. The summed E-state index contributed by atoms with van der Waals surface area (Å²) in [7, 11) is 0. The number of rotatable bonds is 2. The van der Waals surface area contributed by atoms with Gasteiger partial charge in [0.15, 0.2) is 0 Å².